The first-order chi connectivity index (χ1) is 12.1. The maximum absolute atomic E-state index is 12.3. The summed E-state index contributed by atoms with van der Waals surface area (Å²) in [4.78, 5) is 12.3. The zero-order chi connectivity index (χ0) is 17.6. The van der Waals surface area contributed by atoms with Crippen molar-refractivity contribution in [3.63, 3.8) is 0 Å². The Balaban J connectivity index is 1.63. The number of hydrogen-bond acceptors (Lipinski definition) is 5. The number of aryl methyl sites for hydroxylation is 1. The molecule has 0 aliphatic carbocycles. The lowest BCUT2D eigenvalue weighted by Gasteiger charge is -2.13. The molecule has 1 atom stereocenters. The molecule has 0 saturated carbocycles. The summed E-state index contributed by atoms with van der Waals surface area (Å²) < 4.78 is 7.25. The predicted molar refractivity (Wildman–Crippen MR) is 96.2 cm³/mol. The lowest BCUT2D eigenvalue weighted by molar-refractivity contribution is -0.120. The molecule has 2 aromatic heterocycles. The van der Waals surface area contributed by atoms with Gasteiger partial charge in [-0.25, -0.2) is 0 Å². The van der Waals surface area contributed by atoms with Crippen molar-refractivity contribution in [3.8, 4) is 0 Å². The van der Waals surface area contributed by atoms with Crippen LogP contribution >= 0.6 is 11.8 Å². The highest BCUT2D eigenvalue weighted by molar-refractivity contribution is 8.00. The minimum Gasteiger partial charge on any atom is -0.467 e. The van der Waals surface area contributed by atoms with Crippen LogP contribution in [-0.2, 0) is 17.9 Å². The van der Waals surface area contributed by atoms with Crippen molar-refractivity contribution in [1.82, 2.24) is 20.1 Å². The Morgan fingerprint density at radius 2 is 2.04 bits per heavy atom. The molecule has 25 heavy (non-hydrogen) atoms. The van der Waals surface area contributed by atoms with E-state index in [-0.39, 0.29) is 11.2 Å². The van der Waals surface area contributed by atoms with Gasteiger partial charge in [-0.1, -0.05) is 42.1 Å². The molecule has 2 heterocycles. The molecule has 1 amide bonds. The van der Waals surface area contributed by atoms with Crippen LogP contribution in [-0.4, -0.2) is 25.9 Å². The Kier molecular flexibility index (Phi) is 5.55. The van der Waals surface area contributed by atoms with E-state index in [4.69, 9.17) is 4.42 Å². The van der Waals surface area contributed by atoms with Crippen LogP contribution in [0.15, 0.2) is 58.3 Å². The van der Waals surface area contributed by atoms with Gasteiger partial charge in [0.2, 0.25) is 5.91 Å². The summed E-state index contributed by atoms with van der Waals surface area (Å²) in [6.07, 6.45) is 1.59. The predicted octanol–water partition coefficient (Wildman–Crippen LogP) is 3.02. The molecule has 6 nitrogen and oxygen atoms in total. The van der Waals surface area contributed by atoms with Gasteiger partial charge in [0.1, 0.15) is 11.6 Å². The van der Waals surface area contributed by atoms with E-state index in [1.165, 1.54) is 17.3 Å². The van der Waals surface area contributed by atoms with Crippen molar-refractivity contribution in [2.24, 2.45) is 0 Å². The van der Waals surface area contributed by atoms with E-state index in [0.29, 0.717) is 13.1 Å². The summed E-state index contributed by atoms with van der Waals surface area (Å²) in [5.41, 5.74) is 1.17. The van der Waals surface area contributed by atoms with Crippen molar-refractivity contribution in [1.29, 1.82) is 0 Å². The Hall–Kier alpha value is -2.54. The zero-order valence-corrected chi connectivity index (χ0v) is 15.0. The summed E-state index contributed by atoms with van der Waals surface area (Å²) in [6.45, 7) is 4.84. The van der Waals surface area contributed by atoms with Crippen molar-refractivity contribution in [2.45, 2.75) is 37.3 Å². The Morgan fingerprint density at radius 1 is 1.24 bits per heavy atom. The number of thioether (sulfide) groups is 1. The summed E-state index contributed by atoms with van der Waals surface area (Å²) in [5, 5.41) is 11.7. The summed E-state index contributed by atoms with van der Waals surface area (Å²) in [5.74, 6) is 1.50. The first-order valence-corrected chi connectivity index (χ1v) is 8.92. The van der Waals surface area contributed by atoms with Gasteiger partial charge in [0.25, 0.3) is 0 Å². The molecule has 0 spiro atoms. The van der Waals surface area contributed by atoms with Crippen LogP contribution in [0, 0.1) is 6.92 Å². The SMILES string of the molecule is Cc1nnc(S[C@H](C)C(=O)NCc2ccco2)n1Cc1ccccc1. The fraction of sp³-hybridized carbons (Fsp3) is 0.278. The van der Waals surface area contributed by atoms with Gasteiger partial charge >= 0.3 is 0 Å². The number of benzene rings is 1. The van der Waals surface area contributed by atoms with Gasteiger partial charge < -0.3 is 14.3 Å². The van der Waals surface area contributed by atoms with E-state index in [1.54, 1.807) is 12.3 Å². The molecule has 0 unspecified atom stereocenters. The van der Waals surface area contributed by atoms with Gasteiger partial charge in [0.05, 0.1) is 24.6 Å². The maximum atomic E-state index is 12.3. The number of hydrogen-bond donors (Lipinski definition) is 1. The number of furan rings is 1. The van der Waals surface area contributed by atoms with Gasteiger partial charge in [0.15, 0.2) is 5.16 Å². The van der Waals surface area contributed by atoms with Gasteiger partial charge in [-0.15, -0.1) is 10.2 Å². The molecule has 7 heteroatoms. The number of carbonyl (C=O) groups is 1. The van der Waals surface area contributed by atoms with Crippen LogP contribution in [0.4, 0.5) is 0 Å². The standard InChI is InChI=1S/C18H20N4O2S/c1-13(17(23)19-11-16-9-6-10-24-16)25-18-21-20-14(2)22(18)12-15-7-4-3-5-8-15/h3-10,13H,11-12H2,1-2H3,(H,19,23)/t13-/m1/s1. The molecule has 0 bridgehead atoms. The lowest BCUT2D eigenvalue weighted by atomic mass is 10.2. The Bertz CT molecular complexity index is 815. The molecule has 3 aromatic rings. The Morgan fingerprint density at radius 3 is 2.76 bits per heavy atom. The highest BCUT2D eigenvalue weighted by Crippen LogP contribution is 2.23. The highest BCUT2D eigenvalue weighted by Gasteiger charge is 2.19. The van der Waals surface area contributed by atoms with Crippen LogP contribution in [0.5, 0.6) is 0 Å². The molecular formula is C18H20N4O2S. The quantitative estimate of drug-likeness (QED) is 0.659. The van der Waals surface area contributed by atoms with Crippen LogP contribution in [0.25, 0.3) is 0 Å². The molecule has 0 radical (unpaired) electrons. The molecule has 0 saturated heterocycles. The molecule has 1 aromatic carbocycles. The van der Waals surface area contributed by atoms with E-state index < -0.39 is 0 Å². The molecule has 1 N–H and O–H groups in total. The fourth-order valence-electron chi connectivity index (χ4n) is 2.34. The van der Waals surface area contributed by atoms with Crippen molar-refractivity contribution < 1.29 is 9.21 Å². The second-order valence-electron chi connectivity index (χ2n) is 5.66. The lowest BCUT2D eigenvalue weighted by Crippen LogP contribution is -2.30. The van der Waals surface area contributed by atoms with Crippen molar-refractivity contribution in [2.75, 3.05) is 0 Å². The van der Waals surface area contributed by atoms with E-state index >= 15 is 0 Å². The van der Waals surface area contributed by atoms with Gasteiger partial charge in [0, 0.05) is 0 Å². The number of carbonyl (C=O) groups excluding carboxylic acids is 1. The number of nitrogens with zero attached hydrogens (tertiary/aromatic N) is 3. The molecule has 0 aliphatic rings. The van der Waals surface area contributed by atoms with Gasteiger partial charge in [-0.2, -0.15) is 0 Å². The van der Waals surface area contributed by atoms with E-state index in [1.807, 2.05) is 42.7 Å². The van der Waals surface area contributed by atoms with Crippen molar-refractivity contribution >= 4 is 17.7 Å². The van der Waals surface area contributed by atoms with E-state index in [0.717, 1.165) is 16.7 Å². The number of aromatic nitrogens is 3. The average molecular weight is 356 g/mol. The highest BCUT2D eigenvalue weighted by atomic mass is 32.2. The first kappa shape index (κ1) is 17.3. The summed E-state index contributed by atoms with van der Waals surface area (Å²) >= 11 is 1.40. The summed E-state index contributed by atoms with van der Waals surface area (Å²) in [6, 6.07) is 13.8. The minimum absolute atomic E-state index is 0.0617. The monoisotopic (exact) mass is 356 g/mol. The number of amides is 1. The van der Waals surface area contributed by atoms with Crippen LogP contribution in [0.3, 0.4) is 0 Å². The van der Waals surface area contributed by atoms with E-state index in [2.05, 4.69) is 27.6 Å². The molecule has 0 aliphatic heterocycles. The average Bonchev–Trinajstić information content (AvgIpc) is 3.26. The van der Waals surface area contributed by atoms with Crippen LogP contribution in [0.2, 0.25) is 0 Å². The maximum Gasteiger partial charge on any atom is 0.233 e. The normalized spacial score (nSPS) is 12.1. The number of nitrogens with one attached hydrogen (secondary N) is 1. The van der Waals surface area contributed by atoms with E-state index in [9.17, 15) is 4.79 Å². The topological polar surface area (TPSA) is 73.0 Å². The smallest absolute Gasteiger partial charge is 0.233 e. The van der Waals surface area contributed by atoms with Crippen LogP contribution < -0.4 is 5.32 Å². The second-order valence-corrected chi connectivity index (χ2v) is 6.97. The third kappa shape index (κ3) is 4.51. The number of rotatable bonds is 7. The van der Waals surface area contributed by atoms with Crippen LogP contribution in [0.1, 0.15) is 24.1 Å². The third-order valence-electron chi connectivity index (χ3n) is 3.75. The first-order valence-electron chi connectivity index (χ1n) is 8.04. The minimum atomic E-state index is -0.284. The fourth-order valence-corrected chi connectivity index (χ4v) is 3.26. The molecule has 3 rings (SSSR count). The zero-order valence-electron chi connectivity index (χ0n) is 14.2. The largest absolute Gasteiger partial charge is 0.467 e. The molecule has 0 fully saturated rings. The molecule has 130 valence electrons. The summed E-state index contributed by atoms with van der Waals surface area (Å²) in [7, 11) is 0. The Labute approximate surface area is 150 Å². The molecular weight excluding hydrogens is 336 g/mol. The van der Waals surface area contributed by atoms with Gasteiger partial charge in [-0.3, -0.25) is 4.79 Å². The van der Waals surface area contributed by atoms with Crippen molar-refractivity contribution in [3.05, 3.63) is 65.9 Å². The third-order valence-corrected chi connectivity index (χ3v) is 4.83. The van der Waals surface area contributed by atoms with Gasteiger partial charge in [-0.05, 0) is 31.5 Å². The second kappa shape index (κ2) is 8.02.